The molecule has 0 aromatic heterocycles. The first kappa shape index (κ1) is 21.2. The number of ether oxygens (including phenoxy) is 4. The summed E-state index contributed by atoms with van der Waals surface area (Å²) < 4.78 is 21.5. The Bertz CT molecular complexity index is 273. The lowest BCUT2D eigenvalue weighted by Gasteiger charge is -2.24. The zero-order valence-corrected chi connectivity index (χ0v) is 12.9. The van der Waals surface area contributed by atoms with Crippen LogP contribution in [0, 0.1) is 0 Å². The molecule has 0 heterocycles. The van der Waals surface area contributed by atoms with Crippen LogP contribution >= 0.6 is 0 Å². The van der Waals surface area contributed by atoms with Crippen LogP contribution in [0.2, 0.25) is 0 Å². The molecule has 0 saturated heterocycles. The third-order valence-corrected chi connectivity index (χ3v) is 2.49. The van der Waals surface area contributed by atoms with Gasteiger partial charge in [-0.25, -0.2) is 0 Å². The Morgan fingerprint density at radius 3 is 1.82 bits per heavy atom. The van der Waals surface area contributed by atoms with Crippen molar-refractivity contribution in [3.63, 3.8) is 0 Å². The average Bonchev–Trinajstić information content (AvgIpc) is 2.53. The third-order valence-electron chi connectivity index (χ3n) is 2.49. The van der Waals surface area contributed by atoms with Crippen LogP contribution in [0.4, 0.5) is 0 Å². The van der Waals surface area contributed by atoms with E-state index in [1.807, 2.05) is 0 Å². The molecule has 0 rings (SSSR count). The Labute approximate surface area is 131 Å². The molecule has 0 aliphatic heterocycles. The summed E-state index contributed by atoms with van der Waals surface area (Å²) in [5.41, 5.74) is 0. The van der Waals surface area contributed by atoms with Gasteiger partial charge in [-0.1, -0.05) is 12.2 Å². The van der Waals surface area contributed by atoms with Gasteiger partial charge in [-0.15, -0.1) is 13.2 Å². The van der Waals surface area contributed by atoms with Gasteiger partial charge in [0.15, 0.2) is 0 Å². The van der Waals surface area contributed by atoms with E-state index in [1.165, 1.54) is 0 Å². The first-order valence-corrected chi connectivity index (χ1v) is 7.18. The lowest BCUT2D eigenvalue weighted by Crippen LogP contribution is -2.36. The average molecular weight is 320 g/mol. The van der Waals surface area contributed by atoms with Crippen molar-refractivity contribution in [3.05, 3.63) is 25.3 Å². The number of aliphatic hydroxyl groups is 3. The van der Waals surface area contributed by atoms with Crippen LogP contribution in [-0.4, -0.2) is 86.5 Å². The standard InChI is InChI=1S/C15H28O7/c1-3-5-19-10-14(8-17)22-15(11-20-6-4-2)12-21-9-13(18)7-16/h3-4,13-18H,1-2,5-12H2. The van der Waals surface area contributed by atoms with Gasteiger partial charge in [0.2, 0.25) is 0 Å². The van der Waals surface area contributed by atoms with Gasteiger partial charge in [0.05, 0.1) is 52.9 Å². The van der Waals surface area contributed by atoms with E-state index >= 15 is 0 Å². The van der Waals surface area contributed by atoms with Crippen molar-refractivity contribution in [1.29, 1.82) is 0 Å². The summed E-state index contributed by atoms with van der Waals surface area (Å²) in [7, 11) is 0. The van der Waals surface area contributed by atoms with Crippen molar-refractivity contribution < 1.29 is 34.3 Å². The van der Waals surface area contributed by atoms with Crippen molar-refractivity contribution in [2.24, 2.45) is 0 Å². The summed E-state index contributed by atoms with van der Waals surface area (Å²) in [6.45, 7) is 7.89. The van der Waals surface area contributed by atoms with Gasteiger partial charge in [-0.05, 0) is 0 Å². The molecule has 0 bridgehead atoms. The van der Waals surface area contributed by atoms with Crippen molar-refractivity contribution >= 4 is 0 Å². The number of aliphatic hydroxyl groups excluding tert-OH is 3. The molecule has 3 atom stereocenters. The van der Waals surface area contributed by atoms with E-state index in [2.05, 4.69) is 13.2 Å². The van der Waals surface area contributed by atoms with Crippen LogP contribution in [0.1, 0.15) is 0 Å². The Morgan fingerprint density at radius 1 is 0.773 bits per heavy atom. The van der Waals surface area contributed by atoms with E-state index < -0.39 is 18.3 Å². The Balaban J connectivity index is 4.22. The topological polar surface area (TPSA) is 97.6 Å². The predicted octanol–water partition coefficient (Wildman–Crippen LogP) is -0.492. The molecule has 0 saturated carbocycles. The van der Waals surface area contributed by atoms with E-state index in [9.17, 15) is 10.2 Å². The lowest BCUT2D eigenvalue weighted by atomic mass is 10.3. The fourth-order valence-corrected chi connectivity index (χ4v) is 1.49. The molecule has 0 aromatic carbocycles. The molecular formula is C15H28O7. The van der Waals surface area contributed by atoms with Crippen molar-refractivity contribution in [1.82, 2.24) is 0 Å². The second-order valence-corrected chi connectivity index (χ2v) is 4.59. The predicted molar refractivity (Wildman–Crippen MR) is 81.7 cm³/mol. The highest BCUT2D eigenvalue weighted by Gasteiger charge is 2.17. The smallest absolute Gasteiger partial charge is 0.105 e. The minimum Gasteiger partial charge on any atom is -0.394 e. The molecule has 0 fully saturated rings. The van der Waals surface area contributed by atoms with E-state index in [0.29, 0.717) is 13.2 Å². The monoisotopic (exact) mass is 320 g/mol. The van der Waals surface area contributed by atoms with Crippen LogP contribution in [0.15, 0.2) is 25.3 Å². The van der Waals surface area contributed by atoms with Crippen LogP contribution in [0.3, 0.4) is 0 Å². The zero-order chi connectivity index (χ0) is 16.6. The number of hydrogen-bond acceptors (Lipinski definition) is 7. The van der Waals surface area contributed by atoms with Gasteiger partial charge >= 0.3 is 0 Å². The Kier molecular flexibility index (Phi) is 14.6. The lowest BCUT2D eigenvalue weighted by molar-refractivity contribution is -0.125. The molecule has 3 N–H and O–H groups in total. The molecular weight excluding hydrogens is 292 g/mol. The molecule has 7 nitrogen and oxygen atoms in total. The highest BCUT2D eigenvalue weighted by Crippen LogP contribution is 2.03. The van der Waals surface area contributed by atoms with Crippen LogP contribution < -0.4 is 0 Å². The highest BCUT2D eigenvalue weighted by molar-refractivity contribution is 4.68. The molecule has 130 valence electrons. The minimum atomic E-state index is -0.931. The summed E-state index contributed by atoms with van der Waals surface area (Å²) >= 11 is 0. The maximum Gasteiger partial charge on any atom is 0.105 e. The van der Waals surface area contributed by atoms with E-state index in [4.69, 9.17) is 24.1 Å². The minimum absolute atomic E-state index is 0.00538. The summed E-state index contributed by atoms with van der Waals surface area (Å²) in [4.78, 5) is 0. The van der Waals surface area contributed by atoms with Gasteiger partial charge < -0.3 is 34.3 Å². The Hall–Kier alpha value is -0.800. The molecule has 22 heavy (non-hydrogen) atoms. The van der Waals surface area contributed by atoms with Gasteiger partial charge in [-0.3, -0.25) is 0 Å². The second kappa shape index (κ2) is 15.1. The van der Waals surface area contributed by atoms with E-state index in [1.54, 1.807) is 12.2 Å². The van der Waals surface area contributed by atoms with Crippen LogP contribution in [0.25, 0.3) is 0 Å². The van der Waals surface area contributed by atoms with Gasteiger partial charge in [0, 0.05) is 0 Å². The Morgan fingerprint density at radius 2 is 1.32 bits per heavy atom. The maximum absolute atomic E-state index is 9.30. The highest BCUT2D eigenvalue weighted by atomic mass is 16.6. The summed E-state index contributed by atoms with van der Waals surface area (Å²) in [6.07, 6.45) is 1.35. The molecule has 7 heteroatoms. The van der Waals surface area contributed by atoms with E-state index in [-0.39, 0.29) is 39.6 Å². The van der Waals surface area contributed by atoms with Gasteiger partial charge in [-0.2, -0.15) is 0 Å². The number of hydrogen-bond donors (Lipinski definition) is 3. The van der Waals surface area contributed by atoms with E-state index in [0.717, 1.165) is 0 Å². The maximum atomic E-state index is 9.30. The van der Waals surface area contributed by atoms with Crippen molar-refractivity contribution in [3.8, 4) is 0 Å². The fraction of sp³-hybridized carbons (Fsp3) is 0.733. The molecule has 0 aliphatic rings. The summed E-state index contributed by atoms with van der Waals surface area (Å²) in [6, 6.07) is 0. The summed E-state index contributed by atoms with van der Waals surface area (Å²) in [5, 5.41) is 27.2. The second-order valence-electron chi connectivity index (χ2n) is 4.59. The first-order chi connectivity index (χ1) is 10.7. The molecule has 0 aliphatic carbocycles. The fourth-order valence-electron chi connectivity index (χ4n) is 1.49. The van der Waals surface area contributed by atoms with Crippen LogP contribution in [-0.2, 0) is 18.9 Å². The third kappa shape index (κ3) is 11.8. The van der Waals surface area contributed by atoms with Crippen molar-refractivity contribution in [2.75, 3.05) is 52.9 Å². The molecule has 0 amide bonds. The van der Waals surface area contributed by atoms with Gasteiger partial charge in [0.1, 0.15) is 18.3 Å². The SMILES string of the molecule is C=CCOCC(CO)OC(COCC=C)COCC(O)CO. The van der Waals surface area contributed by atoms with Crippen LogP contribution in [0.5, 0.6) is 0 Å². The molecule has 0 radical (unpaired) electrons. The number of rotatable bonds is 16. The quantitative estimate of drug-likeness (QED) is 0.261. The first-order valence-electron chi connectivity index (χ1n) is 7.18. The molecule has 0 aromatic rings. The zero-order valence-electron chi connectivity index (χ0n) is 12.9. The van der Waals surface area contributed by atoms with Gasteiger partial charge in [0.25, 0.3) is 0 Å². The molecule has 0 spiro atoms. The normalized spacial score (nSPS) is 15.2. The summed E-state index contributed by atoms with van der Waals surface area (Å²) in [5.74, 6) is 0. The van der Waals surface area contributed by atoms with Crippen molar-refractivity contribution in [2.45, 2.75) is 18.3 Å². The largest absolute Gasteiger partial charge is 0.394 e. The molecule has 3 unspecified atom stereocenters.